The molecule has 0 saturated heterocycles. The molecule has 7 nitrogen and oxygen atoms in total. The number of carbonyl (C=O) groups is 1. The summed E-state index contributed by atoms with van der Waals surface area (Å²) in [6.45, 7) is 0.122. The number of nitrogens with one attached hydrogen (secondary N) is 2. The third kappa shape index (κ3) is 5.32. The average Bonchev–Trinajstić information content (AvgIpc) is 2.78. The summed E-state index contributed by atoms with van der Waals surface area (Å²) in [6, 6.07) is 15.8. The maximum atomic E-state index is 13.0. The zero-order chi connectivity index (χ0) is 22.4. The highest BCUT2D eigenvalue weighted by Gasteiger charge is 2.17. The molecule has 3 aromatic rings. The molecule has 2 N–H and O–H groups in total. The van der Waals surface area contributed by atoms with E-state index in [-0.39, 0.29) is 22.7 Å². The summed E-state index contributed by atoms with van der Waals surface area (Å²) in [7, 11) is -0.930. The average molecular weight is 444 g/mol. The predicted molar refractivity (Wildman–Crippen MR) is 114 cm³/mol. The molecule has 0 heterocycles. The highest BCUT2D eigenvalue weighted by molar-refractivity contribution is 7.92. The molecule has 0 unspecified atom stereocenters. The standard InChI is InChI=1S/C22H21FN2O5S/c1-29-20-7-4-8-21(30-2)19(20)14-24-22(26)15-5-3-6-18(13-15)31(27,28)25-17-11-9-16(23)10-12-17/h3-13,25H,14H2,1-2H3,(H,24,26). The Hall–Kier alpha value is -3.59. The number of sulfonamides is 1. The minimum atomic E-state index is -3.96. The molecule has 0 fully saturated rings. The number of halogens is 1. The Labute approximate surface area is 179 Å². The van der Waals surface area contributed by atoms with Crippen molar-refractivity contribution >= 4 is 21.6 Å². The van der Waals surface area contributed by atoms with Crippen LogP contribution in [0.1, 0.15) is 15.9 Å². The molecule has 1 amide bonds. The van der Waals surface area contributed by atoms with Crippen molar-refractivity contribution in [3.63, 3.8) is 0 Å². The lowest BCUT2D eigenvalue weighted by Gasteiger charge is -2.14. The zero-order valence-corrected chi connectivity index (χ0v) is 17.7. The second-order valence-corrected chi connectivity index (χ2v) is 8.15. The van der Waals surface area contributed by atoms with Gasteiger partial charge in [0.2, 0.25) is 0 Å². The first-order valence-corrected chi connectivity index (χ1v) is 10.7. The highest BCUT2D eigenvalue weighted by atomic mass is 32.2. The minimum absolute atomic E-state index is 0.0978. The van der Waals surface area contributed by atoms with Gasteiger partial charge in [0.1, 0.15) is 17.3 Å². The third-order valence-corrected chi connectivity index (χ3v) is 5.84. The Morgan fingerprint density at radius 1 is 0.935 bits per heavy atom. The third-order valence-electron chi connectivity index (χ3n) is 4.46. The summed E-state index contributed by atoms with van der Waals surface area (Å²) in [5, 5.41) is 2.74. The molecule has 0 aliphatic carbocycles. The number of hydrogen-bond donors (Lipinski definition) is 2. The lowest BCUT2D eigenvalue weighted by molar-refractivity contribution is 0.0950. The quantitative estimate of drug-likeness (QED) is 0.554. The number of hydrogen-bond acceptors (Lipinski definition) is 5. The largest absolute Gasteiger partial charge is 0.496 e. The van der Waals surface area contributed by atoms with E-state index in [2.05, 4.69) is 10.0 Å². The van der Waals surface area contributed by atoms with E-state index in [0.717, 1.165) is 12.1 Å². The van der Waals surface area contributed by atoms with Gasteiger partial charge in [-0.2, -0.15) is 0 Å². The highest BCUT2D eigenvalue weighted by Crippen LogP contribution is 2.28. The van der Waals surface area contributed by atoms with E-state index < -0.39 is 21.7 Å². The van der Waals surface area contributed by atoms with Crippen LogP contribution in [0.25, 0.3) is 0 Å². The number of anilines is 1. The zero-order valence-electron chi connectivity index (χ0n) is 16.9. The molecule has 0 spiro atoms. The Balaban J connectivity index is 1.77. The normalized spacial score (nSPS) is 10.9. The van der Waals surface area contributed by atoms with E-state index in [1.807, 2.05) is 0 Å². The molecule has 0 aliphatic rings. The lowest BCUT2D eigenvalue weighted by atomic mass is 10.1. The van der Waals surface area contributed by atoms with Crippen LogP contribution in [0, 0.1) is 5.82 Å². The van der Waals surface area contributed by atoms with Gasteiger partial charge in [-0.3, -0.25) is 9.52 Å². The Kier molecular flexibility index (Phi) is 6.76. The van der Waals surface area contributed by atoms with Gasteiger partial charge in [-0.15, -0.1) is 0 Å². The Morgan fingerprint density at radius 2 is 1.55 bits per heavy atom. The summed E-state index contributed by atoms with van der Waals surface area (Å²) in [6.07, 6.45) is 0. The van der Waals surface area contributed by atoms with E-state index in [9.17, 15) is 17.6 Å². The fourth-order valence-electron chi connectivity index (χ4n) is 2.91. The van der Waals surface area contributed by atoms with Crippen LogP contribution in [0.2, 0.25) is 0 Å². The SMILES string of the molecule is COc1cccc(OC)c1CNC(=O)c1cccc(S(=O)(=O)Nc2ccc(F)cc2)c1. The molecule has 3 rings (SSSR count). The molecular formula is C22H21FN2O5S. The van der Waals surface area contributed by atoms with Gasteiger partial charge in [0.05, 0.1) is 31.2 Å². The summed E-state index contributed by atoms with van der Waals surface area (Å²) in [5.41, 5.74) is 1.03. The van der Waals surface area contributed by atoms with E-state index in [4.69, 9.17) is 9.47 Å². The smallest absolute Gasteiger partial charge is 0.261 e. The summed E-state index contributed by atoms with van der Waals surface area (Å²) >= 11 is 0. The molecule has 31 heavy (non-hydrogen) atoms. The summed E-state index contributed by atoms with van der Waals surface area (Å²) < 4.78 is 51.3. The van der Waals surface area contributed by atoms with E-state index in [0.29, 0.717) is 17.1 Å². The maximum Gasteiger partial charge on any atom is 0.261 e. The van der Waals surface area contributed by atoms with Crippen LogP contribution in [0.4, 0.5) is 10.1 Å². The molecule has 0 atom stereocenters. The van der Waals surface area contributed by atoms with E-state index in [1.165, 1.54) is 50.6 Å². The number of methoxy groups -OCH3 is 2. The Bertz CT molecular complexity index is 1160. The van der Waals surface area contributed by atoms with Crippen LogP contribution in [-0.2, 0) is 16.6 Å². The number of amides is 1. The molecule has 0 saturated carbocycles. The molecule has 9 heteroatoms. The van der Waals surface area contributed by atoms with E-state index >= 15 is 0 Å². The molecule has 0 aromatic heterocycles. The van der Waals surface area contributed by atoms with Gasteiger partial charge in [-0.1, -0.05) is 12.1 Å². The van der Waals surface area contributed by atoms with Crippen molar-refractivity contribution < 1.29 is 27.1 Å². The van der Waals surface area contributed by atoms with Gasteiger partial charge < -0.3 is 14.8 Å². The molecule has 162 valence electrons. The van der Waals surface area contributed by atoms with Crippen molar-refractivity contribution in [2.24, 2.45) is 0 Å². The van der Waals surface area contributed by atoms with E-state index in [1.54, 1.807) is 18.2 Å². The van der Waals surface area contributed by atoms with Crippen LogP contribution in [-0.4, -0.2) is 28.5 Å². The van der Waals surface area contributed by atoms with Crippen molar-refractivity contribution in [2.75, 3.05) is 18.9 Å². The van der Waals surface area contributed by atoms with Gasteiger partial charge in [-0.25, -0.2) is 12.8 Å². The maximum absolute atomic E-state index is 13.0. The predicted octanol–water partition coefficient (Wildman–Crippen LogP) is 3.57. The fourth-order valence-corrected chi connectivity index (χ4v) is 4.01. The molecule has 0 aliphatic heterocycles. The van der Waals surface area contributed by atoms with Crippen molar-refractivity contribution in [1.82, 2.24) is 5.32 Å². The number of benzene rings is 3. The van der Waals surface area contributed by atoms with Crippen LogP contribution in [0.15, 0.2) is 71.6 Å². The summed E-state index contributed by atoms with van der Waals surface area (Å²) in [4.78, 5) is 12.5. The Morgan fingerprint density at radius 3 is 2.16 bits per heavy atom. The van der Waals surface area contributed by atoms with Gasteiger partial charge in [0.25, 0.3) is 15.9 Å². The van der Waals surface area contributed by atoms with Crippen molar-refractivity contribution in [3.05, 3.63) is 83.7 Å². The number of ether oxygens (including phenoxy) is 2. The lowest BCUT2D eigenvalue weighted by Crippen LogP contribution is -2.24. The number of rotatable bonds is 8. The first-order chi connectivity index (χ1) is 14.8. The second kappa shape index (κ2) is 9.48. The van der Waals surface area contributed by atoms with Gasteiger partial charge in [0, 0.05) is 11.3 Å². The monoisotopic (exact) mass is 444 g/mol. The van der Waals surface area contributed by atoms with Gasteiger partial charge in [0.15, 0.2) is 0 Å². The van der Waals surface area contributed by atoms with Crippen LogP contribution >= 0.6 is 0 Å². The first kappa shape index (κ1) is 22.1. The topological polar surface area (TPSA) is 93.7 Å². The number of carbonyl (C=O) groups excluding carboxylic acids is 1. The fraction of sp³-hybridized carbons (Fsp3) is 0.136. The second-order valence-electron chi connectivity index (χ2n) is 6.46. The van der Waals surface area contributed by atoms with Crippen LogP contribution in [0.3, 0.4) is 0 Å². The molecular weight excluding hydrogens is 423 g/mol. The van der Waals surface area contributed by atoms with Gasteiger partial charge >= 0.3 is 0 Å². The van der Waals surface area contributed by atoms with Crippen molar-refractivity contribution in [1.29, 1.82) is 0 Å². The van der Waals surface area contributed by atoms with Crippen LogP contribution < -0.4 is 19.5 Å². The molecule has 0 bridgehead atoms. The first-order valence-electron chi connectivity index (χ1n) is 9.20. The van der Waals surface area contributed by atoms with Crippen LogP contribution in [0.5, 0.6) is 11.5 Å². The van der Waals surface area contributed by atoms with Crippen molar-refractivity contribution in [3.8, 4) is 11.5 Å². The molecule has 0 radical (unpaired) electrons. The van der Waals surface area contributed by atoms with Crippen molar-refractivity contribution in [2.45, 2.75) is 11.4 Å². The summed E-state index contributed by atoms with van der Waals surface area (Å²) in [5.74, 6) is 0.166. The molecule has 3 aromatic carbocycles. The van der Waals surface area contributed by atoms with Gasteiger partial charge in [-0.05, 0) is 54.6 Å². The minimum Gasteiger partial charge on any atom is -0.496 e.